The number of carbonyl (C=O) groups is 1. The van der Waals surface area contributed by atoms with Gasteiger partial charge in [0.15, 0.2) is 0 Å². The van der Waals surface area contributed by atoms with Crippen LogP contribution in [-0.2, 0) is 0 Å². The van der Waals surface area contributed by atoms with E-state index in [-0.39, 0.29) is 0 Å². The molecule has 0 bridgehead atoms. The lowest BCUT2D eigenvalue weighted by Gasteiger charge is -2.04. The SMILES string of the molecule is Cc1c(C(=O)O)cc(Br)c2cc[nH]c12. The number of nitrogens with one attached hydrogen (secondary N) is 1. The number of carboxylic acids is 1. The fraction of sp³-hybridized carbons (Fsp3) is 0.100. The molecule has 0 amide bonds. The van der Waals surface area contributed by atoms with Crippen molar-refractivity contribution in [2.45, 2.75) is 6.92 Å². The van der Waals surface area contributed by atoms with Crippen molar-refractivity contribution in [3.05, 3.63) is 33.9 Å². The van der Waals surface area contributed by atoms with Crippen molar-refractivity contribution < 1.29 is 9.90 Å². The molecule has 0 spiro atoms. The average molecular weight is 254 g/mol. The molecule has 0 radical (unpaired) electrons. The highest BCUT2D eigenvalue weighted by molar-refractivity contribution is 9.10. The van der Waals surface area contributed by atoms with Crippen molar-refractivity contribution in [1.29, 1.82) is 0 Å². The van der Waals surface area contributed by atoms with E-state index in [0.29, 0.717) is 5.56 Å². The topological polar surface area (TPSA) is 53.1 Å². The summed E-state index contributed by atoms with van der Waals surface area (Å²) in [7, 11) is 0. The van der Waals surface area contributed by atoms with Gasteiger partial charge in [0.2, 0.25) is 0 Å². The highest BCUT2D eigenvalue weighted by atomic mass is 79.9. The standard InChI is InChI=1S/C10H8BrNO2/c1-5-7(10(13)14)4-8(11)6-2-3-12-9(5)6/h2-4,12H,1H3,(H,13,14). The Labute approximate surface area is 88.9 Å². The summed E-state index contributed by atoms with van der Waals surface area (Å²) in [5, 5.41) is 9.96. The van der Waals surface area contributed by atoms with Crippen LogP contribution in [0.3, 0.4) is 0 Å². The summed E-state index contributed by atoms with van der Waals surface area (Å²) in [5.74, 6) is -0.903. The van der Waals surface area contributed by atoms with Gasteiger partial charge in [-0.25, -0.2) is 4.79 Å². The number of rotatable bonds is 1. The highest BCUT2D eigenvalue weighted by Gasteiger charge is 2.13. The van der Waals surface area contributed by atoms with E-state index in [1.54, 1.807) is 19.2 Å². The Morgan fingerprint density at radius 2 is 2.29 bits per heavy atom. The summed E-state index contributed by atoms with van der Waals surface area (Å²) in [6.07, 6.45) is 1.80. The zero-order chi connectivity index (χ0) is 10.3. The van der Waals surface area contributed by atoms with Crippen molar-refractivity contribution >= 4 is 32.8 Å². The smallest absolute Gasteiger partial charge is 0.336 e. The van der Waals surface area contributed by atoms with E-state index in [0.717, 1.165) is 20.9 Å². The summed E-state index contributed by atoms with van der Waals surface area (Å²) in [4.78, 5) is 13.9. The van der Waals surface area contributed by atoms with Crippen LogP contribution in [0.4, 0.5) is 0 Å². The van der Waals surface area contributed by atoms with Crippen LogP contribution in [0.2, 0.25) is 0 Å². The fourth-order valence-electron chi connectivity index (χ4n) is 1.55. The van der Waals surface area contributed by atoms with E-state index in [4.69, 9.17) is 5.11 Å². The summed E-state index contributed by atoms with van der Waals surface area (Å²) in [5.41, 5.74) is 1.96. The number of benzene rings is 1. The van der Waals surface area contributed by atoms with Gasteiger partial charge < -0.3 is 10.1 Å². The van der Waals surface area contributed by atoms with E-state index < -0.39 is 5.97 Å². The Morgan fingerprint density at radius 3 is 2.93 bits per heavy atom. The van der Waals surface area contributed by atoms with Gasteiger partial charge in [-0.15, -0.1) is 0 Å². The first-order valence-corrected chi connectivity index (χ1v) is 4.90. The lowest BCUT2D eigenvalue weighted by molar-refractivity contribution is 0.0696. The van der Waals surface area contributed by atoms with Crippen LogP contribution in [0.1, 0.15) is 15.9 Å². The maximum absolute atomic E-state index is 10.9. The number of aromatic amines is 1. The molecule has 0 saturated carbocycles. The van der Waals surface area contributed by atoms with Gasteiger partial charge in [-0.2, -0.15) is 0 Å². The van der Waals surface area contributed by atoms with Crippen LogP contribution in [-0.4, -0.2) is 16.1 Å². The molecule has 1 aromatic heterocycles. The Bertz CT molecular complexity index is 516. The predicted octanol–water partition coefficient (Wildman–Crippen LogP) is 2.94. The number of aromatic carboxylic acids is 1. The zero-order valence-electron chi connectivity index (χ0n) is 7.47. The van der Waals surface area contributed by atoms with Gasteiger partial charge in [0, 0.05) is 16.1 Å². The van der Waals surface area contributed by atoms with Crippen molar-refractivity contribution in [2.75, 3.05) is 0 Å². The van der Waals surface area contributed by atoms with Crippen LogP contribution in [0, 0.1) is 6.92 Å². The first-order chi connectivity index (χ1) is 6.61. The lowest BCUT2D eigenvalue weighted by atomic mass is 10.1. The number of H-pyrrole nitrogens is 1. The molecule has 1 heterocycles. The van der Waals surface area contributed by atoms with Crippen LogP contribution in [0.5, 0.6) is 0 Å². The molecular weight excluding hydrogens is 246 g/mol. The Kier molecular flexibility index (Phi) is 2.07. The molecule has 1 aromatic carbocycles. The quantitative estimate of drug-likeness (QED) is 0.821. The minimum absolute atomic E-state index is 0.326. The van der Waals surface area contributed by atoms with Crippen LogP contribution in [0.25, 0.3) is 10.9 Å². The third kappa shape index (κ3) is 1.23. The second-order valence-corrected chi connectivity index (χ2v) is 3.96. The minimum atomic E-state index is -0.903. The molecule has 0 aliphatic carbocycles. The van der Waals surface area contributed by atoms with Gasteiger partial charge in [0.25, 0.3) is 0 Å². The van der Waals surface area contributed by atoms with Crippen LogP contribution >= 0.6 is 15.9 Å². The van der Waals surface area contributed by atoms with E-state index >= 15 is 0 Å². The number of carboxylic acid groups (broad SMARTS) is 1. The molecule has 4 heteroatoms. The van der Waals surface area contributed by atoms with E-state index in [9.17, 15) is 4.79 Å². The maximum Gasteiger partial charge on any atom is 0.336 e. The van der Waals surface area contributed by atoms with Crippen molar-refractivity contribution in [3.63, 3.8) is 0 Å². The molecule has 0 atom stereocenters. The fourth-order valence-corrected chi connectivity index (χ4v) is 2.11. The molecular formula is C10H8BrNO2. The van der Waals surface area contributed by atoms with E-state index in [1.807, 2.05) is 6.07 Å². The molecule has 2 N–H and O–H groups in total. The predicted molar refractivity (Wildman–Crippen MR) is 57.7 cm³/mol. The largest absolute Gasteiger partial charge is 0.478 e. The van der Waals surface area contributed by atoms with Gasteiger partial charge in [0.05, 0.1) is 11.1 Å². The molecule has 0 fully saturated rings. The summed E-state index contributed by atoms with van der Waals surface area (Å²) >= 11 is 3.35. The number of hydrogen-bond donors (Lipinski definition) is 2. The lowest BCUT2D eigenvalue weighted by Crippen LogP contribution is -2.00. The molecule has 2 rings (SSSR count). The summed E-state index contributed by atoms with van der Waals surface area (Å²) in [6.45, 7) is 1.80. The molecule has 72 valence electrons. The molecule has 14 heavy (non-hydrogen) atoms. The molecule has 2 aromatic rings. The first-order valence-electron chi connectivity index (χ1n) is 4.10. The second kappa shape index (κ2) is 3.13. The average Bonchev–Trinajstić information content (AvgIpc) is 2.59. The van der Waals surface area contributed by atoms with Crippen LogP contribution < -0.4 is 0 Å². The maximum atomic E-state index is 10.9. The Morgan fingerprint density at radius 1 is 1.57 bits per heavy atom. The second-order valence-electron chi connectivity index (χ2n) is 3.10. The van der Waals surface area contributed by atoms with Gasteiger partial charge in [-0.1, -0.05) is 15.9 Å². The normalized spacial score (nSPS) is 10.7. The number of hydrogen-bond acceptors (Lipinski definition) is 1. The van der Waals surface area contributed by atoms with Gasteiger partial charge in [-0.3, -0.25) is 0 Å². The third-order valence-corrected chi connectivity index (χ3v) is 2.94. The van der Waals surface area contributed by atoms with Crippen molar-refractivity contribution in [2.24, 2.45) is 0 Å². The Hall–Kier alpha value is -1.29. The van der Waals surface area contributed by atoms with Gasteiger partial charge >= 0.3 is 5.97 Å². The molecule has 0 saturated heterocycles. The number of halogens is 1. The van der Waals surface area contributed by atoms with E-state index in [2.05, 4.69) is 20.9 Å². The molecule has 0 unspecified atom stereocenters. The number of fused-ring (bicyclic) bond motifs is 1. The number of aryl methyl sites for hydroxylation is 1. The van der Waals surface area contributed by atoms with Crippen molar-refractivity contribution in [3.8, 4) is 0 Å². The Balaban J connectivity index is 2.88. The minimum Gasteiger partial charge on any atom is -0.478 e. The van der Waals surface area contributed by atoms with E-state index in [1.165, 1.54) is 0 Å². The molecule has 0 aliphatic heterocycles. The highest BCUT2D eigenvalue weighted by Crippen LogP contribution is 2.28. The summed E-state index contributed by atoms with van der Waals surface area (Å²) in [6, 6.07) is 3.55. The molecule has 0 aliphatic rings. The third-order valence-electron chi connectivity index (χ3n) is 2.28. The monoisotopic (exact) mass is 253 g/mol. The number of aromatic nitrogens is 1. The van der Waals surface area contributed by atoms with Gasteiger partial charge in [0.1, 0.15) is 0 Å². The summed E-state index contributed by atoms with van der Waals surface area (Å²) < 4.78 is 0.803. The first kappa shape index (κ1) is 9.27. The zero-order valence-corrected chi connectivity index (χ0v) is 9.05. The van der Waals surface area contributed by atoms with Gasteiger partial charge in [-0.05, 0) is 24.6 Å². The van der Waals surface area contributed by atoms with Crippen molar-refractivity contribution in [1.82, 2.24) is 4.98 Å². The van der Waals surface area contributed by atoms with Crippen LogP contribution in [0.15, 0.2) is 22.8 Å². The molecule has 3 nitrogen and oxygen atoms in total.